The van der Waals surface area contributed by atoms with E-state index >= 15 is 0 Å². The van der Waals surface area contributed by atoms with Gasteiger partial charge in [0.2, 0.25) is 0 Å². The summed E-state index contributed by atoms with van der Waals surface area (Å²) in [7, 11) is -17.2. The van der Waals surface area contributed by atoms with Gasteiger partial charge in [-0.25, -0.2) is 4.79 Å². The summed E-state index contributed by atoms with van der Waals surface area (Å²) in [5.74, 6) is -1.23. The molecule has 2 atom stereocenters. The van der Waals surface area contributed by atoms with Crippen molar-refractivity contribution in [2.24, 2.45) is 14.5 Å². The standard InChI is InChI=1S/C21H23N3O5S.C17H17N3O3S.CH4.ClH.I41/c1-14(2)29-21(26)23-16(15-8-4-3-5-9-15)12-13-18(25)20-22-17-10-6-7-11-19(17)30(27,28)24-20;18-13(12-6-2-1-3-7-12)10-11-15(21)17-19-14-8-4-5-9-16(14)24(22,23)20-17;;;1-22-24(4)26(6)28(8)30(10)32(12)34(14)36(16)38(18)40(20)41(21)39(19)37(17)35(15)33(13)31(11)29(9)27(7)25(5)23(2)3/h3-11,14,16H,12-13H2,1-2H3,(H,22,24)(H,23,26);1-9,13H,10-11,18H2,(H,19,20);1H4;1H;/q;;;;-1. The maximum absolute atomic E-state index is 12.7. The number of Topliss-reactive ketones (excluding diaryl/α,β-unsaturated/α-hetero) is 2. The van der Waals surface area contributed by atoms with Gasteiger partial charge in [0.25, 0.3) is 20.0 Å². The quantitative estimate of drug-likeness (QED) is 0.0348. The molecule has 14 nitrogen and oxygen atoms in total. The number of amides is 1. The Labute approximate surface area is 853 Å². The SMILES string of the molecule is C.CC(C)OC(=O)NC(CCC(=O)C1=NS(=O)(=O)c2ccccc2N1)c1ccccc1.Cl.I[I-]I(I)I(I)I(I)I(I)I(I)I(I)I(I)I(I)I(I)I(I)I(I)I(I)I(I)I(I)I(I)I(I)I(I)I(I)I(I)I.NC(CCC(=O)C1=NS(=O)(=O)c2ccccc2N1)c1ccccc1. The zero-order chi connectivity index (χ0) is 71.6. The minimum atomic E-state index is -3.94. The molecule has 0 aliphatic carbocycles. The number of ether oxygens (including phenoxy) is 1. The molecule has 0 radical (unpaired) electrons. The first-order valence-corrected chi connectivity index (χ1v) is 277. The monoisotopic (exact) mass is 6030 g/mol. The molecule has 4 aromatic carbocycles. The zero-order valence-corrected chi connectivity index (χ0v) is 136. The Morgan fingerprint density at radius 2 is 0.773 bits per heavy atom. The van der Waals surface area contributed by atoms with Crippen molar-refractivity contribution in [1.82, 2.24) is 5.32 Å². The van der Waals surface area contributed by atoms with Gasteiger partial charge in [-0.1, -0.05) is 92.4 Å². The summed E-state index contributed by atoms with van der Waals surface area (Å²) in [5, 5.41) is 8.35. The first kappa shape index (κ1) is 118. The number of ketones is 2. The van der Waals surface area contributed by atoms with E-state index in [9.17, 15) is 31.2 Å². The van der Waals surface area contributed by atoms with E-state index in [0.29, 0.717) is 31.1 Å². The average Bonchev–Trinajstić information content (AvgIpc) is 0.791. The summed E-state index contributed by atoms with van der Waals surface area (Å²) < 4.78 is 61.3. The Kier molecular flexibility index (Phi) is 77.1. The van der Waals surface area contributed by atoms with Crippen LogP contribution >= 0.6 is 553 Å². The summed E-state index contributed by atoms with van der Waals surface area (Å²) in [6.45, 7) is 3.48. The van der Waals surface area contributed by atoms with Crippen LogP contribution in [0.25, 0.3) is 0 Å². The Bertz CT molecular complexity index is 3430. The van der Waals surface area contributed by atoms with Crippen molar-refractivity contribution in [3.8, 4) is 0 Å². The fraction of sp³-hybridized carbons (Fsp3) is 0.256. The molecular weight excluding hydrogens is 5980 g/mol. The predicted octanol–water partition coefficient (Wildman–Crippen LogP) is 39.2. The van der Waals surface area contributed by atoms with Crippen molar-refractivity contribution >= 4 is 614 Å². The fourth-order valence-corrected chi connectivity index (χ4v) is 7340. The minimum Gasteiger partial charge on any atom is -0.335 e. The normalized spacial score (nSPS) is 16.7. The van der Waals surface area contributed by atoms with Crippen molar-refractivity contribution in [3.63, 3.8) is 0 Å². The number of halogens is 42. The van der Waals surface area contributed by atoms with E-state index < -0.39 is 180 Å². The van der Waals surface area contributed by atoms with Crippen LogP contribution in [0.1, 0.15) is 70.2 Å². The third kappa shape index (κ3) is 42.1. The van der Waals surface area contributed by atoms with E-state index in [1.54, 1.807) is 50.2 Å². The van der Waals surface area contributed by atoms with Crippen molar-refractivity contribution in [2.75, 3.05) is 10.6 Å². The van der Waals surface area contributed by atoms with Crippen LogP contribution in [0.2, 0.25) is 0 Å². The summed E-state index contributed by atoms with van der Waals surface area (Å²) in [6, 6.07) is 30.5. The molecule has 0 spiro atoms. The molecule has 0 bridgehead atoms. The van der Waals surface area contributed by atoms with Crippen molar-refractivity contribution in [1.29, 1.82) is 0 Å². The van der Waals surface area contributed by atoms with Crippen LogP contribution in [-0.4, -0.2) is 52.3 Å². The van der Waals surface area contributed by atoms with E-state index in [-0.39, 0.29) is 86.4 Å². The number of hydrogen-bond donors (Lipinski definition) is 4. The second-order valence-electron chi connectivity index (χ2n) is 15.7. The van der Waals surface area contributed by atoms with E-state index in [0.717, 1.165) is 11.1 Å². The van der Waals surface area contributed by atoms with Crippen LogP contribution in [0, 0.1) is 0 Å². The molecule has 6 rings (SSSR count). The second kappa shape index (κ2) is 63.6. The van der Waals surface area contributed by atoms with Gasteiger partial charge in [-0.05, 0) is 62.1 Å². The number of sulfonamides is 2. The summed E-state index contributed by atoms with van der Waals surface area (Å²) in [5.41, 5.74) is 8.49. The molecular formula is C39H45ClI41N6O8S2-. The number of amidine groups is 2. The van der Waals surface area contributed by atoms with Gasteiger partial charge in [0, 0.05) is 18.9 Å². The number of anilines is 2. The van der Waals surface area contributed by atoms with Crippen molar-refractivity contribution in [3.05, 3.63) is 120 Å². The Hall–Kier alpha value is 24.5. The second-order valence-corrected chi connectivity index (χ2v) is 961. The molecule has 2 aliphatic heterocycles. The molecule has 0 saturated heterocycles. The number of fused-ring (bicyclic) bond motifs is 2. The van der Waals surface area contributed by atoms with E-state index in [1.165, 1.54) is 12.1 Å². The molecule has 586 valence electrons. The molecule has 0 saturated carbocycles. The van der Waals surface area contributed by atoms with E-state index in [2.05, 4.69) is 416 Å². The molecule has 5 N–H and O–H groups in total. The maximum atomic E-state index is 12.7. The van der Waals surface area contributed by atoms with Gasteiger partial charge in [0.1, 0.15) is 9.79 Å². The number of nitrogens with one attached hydrogen (secondary N) is 3. The molecule has 2 unspecified atom stereocenters. The summed E-state index contributed by atoms with van der Waals surface area (Å²) in [6.07, 6.45) is -0.126. The van der Waals surface area contributed by atoms with Gasteiger partial charge in [-0.2, -0.15) is 16.8 Å². The average molecular weight is 6030 g/mol. The maximum Gasteiger partial charge on any atom is 0.286 e. The van der Waals surface area contributed by atoms with Gasteiger partial charge in [0.05, 0.1) is 23.5 Å². The smallest absolute Gasteiger partial charge is 0.286 e. The molecule has 0 fully saturated rings. The number of nitrogens with two attached hydrogens (primary N) is 1. The van der Waals surface area contributed by atoms with Crippen molar-refractivity contribution in [2.45, 2.75) is 74.9 Å². The molecule has 4 aromatic rings. The molecule has 58 heteroatoms. The number of benzene rings is 4. The van der Waals surface area contributed by atoms with Gasteiger partial charge >= 0.3 is 560 Å². The van der Waals surface area contributed by atoms with Crippen LogP contribution in [0.5, 0.6) is 0 Å². The zero-order valence-electron chi connectivity index (χ0n) is 45.4. The van der Waals surface area contributed by atoms with Gasteiger partial charge < -0.3 is 26.4 Å². The molecule has 2 heterocycles. The number of para-hydroxylation sites is 2. The number of carbonyl (C=O) groups excluding carboxylic acids is 3. The van der Waals surface area contributed by atoms with Gasteiger partial charge in [-0.15, -0.1) is 21.2 Å². The number of nitrogens with zero attached hydrogens (tertiary/aromatic N) is 2. The van der Waals surface area contributed by atoms with Crippen LogP contribution in [-0.2, 0) is 34.4 Å². The Morgan fingerprint density at radius 3 is 1.10 bits per heavy atom. The minimum absolute atomic E-state index is 0. The van der Waals surface area contributed by atoms with Gasteiger partial charge in [-0.3, -0.25) is 9.59 Å². The summed E-state index contributed by atoms with van der Waals surface area (Å²) >= 11 is 68.5. The van der Waals surface area contributed by atoms with Crippen LogP contribution in [0.15, 0.2) is 128 Å². The molecule has 0 aromatic heterocycles. The van der Waals surface area contributed by atoms with Crippen LogP contribution in [0.3, 0.4) is 0 Å². The Balaban J connectivity index is 0.000000506. The molecule has 97 heavy (non-hydrogen) atoms. The Morgan fingerprint density at radius 1 is 0.474 bits per heavy atom. The largest absolute Gasteiger partial charge is 0.335 e. The molecule has 2 aliphatic rings. The third-order valence-corrected chi connectivity index (χ3v) is 3070. The van der Waals surface area contributed by atoms with Crippen LogP contribution < -0.4 is 34.9 Å². The number of alkyl carbamates (subject to hydrolysis) is 1. The predicted molar refractivity (Wildman–Crippen MR) is 780 cm³/mol. The van der Waals surface area contributed by atoms with E-state index in [4.69, 9.17) is 10.5 Å². The first-order chi connectivity index (χ1) is 44.4. The summed E-state index contributed by atoms with van der Waals surface area (Å²) in [4.78, 5) is 37.2. The molecule has 1 amide bonds. The topological polar surface area (TPSA) is 216 Å². The fourth-order valence-electron chi connectivity index (χ4n) is 6.07. The van der Waals surface area contributed by atoms with Crippen molar-refractivity contribution < 1.29 is 49.2 Å². The van der Waals surface area contributed by atoms with E-state index in [1.807, 2.05) is 60.7 Å². The number of hydrogen-bond acceptors (Lipinski definition) is 11. The number of carbonyl (C=O) groups is 3. The first-order valence-electron chi connectivity index (χ1n) is 22.8. The number of rotatable bonds is 31. The van der Waals surface area contributed by atoms with Gasteiger partial charge in [0.15, 0.2) is 23.2 Å². The third-order valence-electron chi connectivity index (χ3n) is 9.70. The van der Waals surface area contributed by atoms with Crippen LogP contribution in [0.4, 0.5) is 16.2 Å².